The molecular formula is C13H18F3N3O2. The molecule has 1 unspecified atom stereocenters. The normalized spacial score (nSPS) is 20.4. The fourth-order valence-corrected chi connectivity index (χ4v) is 2.46. The first-order valence-corrected chi connectivity index (χ1v) is 6.71. The number of amides is 1. The number of aryl methyl sites for hydroxylation is 1. The average Bonchev–Trinajstić information content (AvgIpc) is 2.83. The van der Waals surface area contributed by atoms with Gasteiger partial charge >= 0.3 is 6.18 Å². The third kappa shape index (κ3) is 3.04. The van der Waals surface area contributed by atoms with Gasteiger partial charge in [-0.15, -0.1) is 0 Å². The molecule has 1 N–H and O–H groups in total. The van der Waals surface area contributed by atoms with E-state index in [1.807, 2.05) is 6.07 Å². The number of hydrogen-bond donors (Lipinski definition) is 1. The monoisotopic (exact) mass is 305 g/mol. The predicted molar refractivity (Wildman–Crippen MR) is 68.4 cm³/mol. The van der Waals surface area contributed by atoms with E-state index in [1.54, 1.807) is 17.9 Å². The van der Waals surface area contributed by atoms with E-state index < -0.39 is 17.7 Å². The summed E-state index contributed by atoms with van der Waals surface area (Å²) in [5.41, 5.74) is -2.45. The quantitative estimate of drug-likeness (QED) is 0.899. The van der Waals surface area contributed by atoms with Crippen LogP contribution < -0.4 is 0 Å². The summed E-state index contributed by atoms with van der Waals surface area (Å²) in [7, 11) is 1.79. The van der Waals surface area contributed by atoms with Crippen LogP contribution >= 0.6 is 0 Å². The molecule has 1 aromatic heterocycles. The fraction of sp³-hybridized carbons (Fsp3) is 0.692. The molecule has 1 aliphatic rings. The maximum atomic E-state index is 12.7. The van der Waals surface area contributed by atoms with Gasteiger partial charge in [0.05, 0.1) is 5.69 Å². The van der Waals surface area contributed by atoms with Crippen molar-refractivity contribution in [3.8, 4) is 0 Å². The molecule has 0 aromatic carbocycles. The Labute approximate surface area is 120 Å². The van der Waals surface area contributed by atoms with Gasteiger partial charge in [-0.3, -0.25) is 9.48 Å². The van der Waals surface area contributed by atoms with Crippen LogP contribution in [0.15, 0.2) is 12.3 Å². The standard InChI is InChI=1S/C13H18F3N3O2/c1-12(21,13(14,15)16)11(20)19-7-3-9(4-8-19)10-5-6-18(2)17-10/h5-6,9,21H,3-4,7-8H2,1-2H3. The highest BCUT2D eigenvalue weighted by molar-refractivity contribution is 5.85. The maximum absolute atomic E-state index is 12.7. The van der Waals surface area contributed by atoms with Gasteiger partial charge in [-0.2, -0.15) is 18.3 Å². The summed E-state index contributed by atoms with van der Waals surface area (Å²) in [6.45, 7) is 0.874. The number of hydrogen-bond acceptors (Lipinski definition) is 3. The van der Waals surface area contributed by atoms with Gasteiger partial charge < -0.3 is 10.0 Å². The number of aromatic nitrogens is 2. The molecule has 118 valence electrons. The largest absolute Gasteiger partial charge is 0.426 e. The number of piperidine rings is 1. The zero-order chi connectivity index (χ0) is 15.8. The van der Waals surface area contributed by atoms with E-state index in [0.29, 0.717) is 19.8 Å². The molecule has 8 heteroatoms. The van der Waals surface area contributed by atoms with Crippen LogP contribution in [0.2, 0.25) is 0 Å². The van der Waals surface area contributed by atoms with Crippen LogP contribution in [-0.2, 0) is 11.8 Å². The Balaban J connectivity index is 1.99. The second kappa shape index (κ2) is 5.32. The summed E-state index contributed by atoms with van der Waals surface area (Å²) in [6.07, 6.45) is -2.09. The van der Waals surface area contributed by atoms with Crippen LogP contribution in [0.1, 0.15) is 31.4 Å². The Morgan fingerprint density at radius 3 is 2.38 bits per heavy atom. The van der Waals surface area contributed by atoms with Crippen LogP contribution in [-0.4, -0.2) is 50.6 Å². The number of halogens is 3. The van der Waals surface area contributed by atoms with E-state index in [-0.39, 0.29) is 19.0 Å². The minimum Gasteiger partial charge on any atom is -0.373 e. The number of carbonyl (C=O) groups is 1. The smallest absolute Gasteiger partial charge is 0.373 e. The Morgan fingerprint density at radius 1 is 1.38 bits per heavy atom. The average molecular weight is 305 g/mol. The van der Waals surface area contributed by atoms with Crippen molar-refractivity contribution in [3.63, 3.8) is 0 Å². The molecule has 0 aliphatic carbocycles. The molecule has 1 atom stereocenters. The minimum atomic E-state index is -4.97. The van der Waals surface area contributed by atoms with E-state index in [9.17, 15) is 23.1 Å². The summed E-state index contributed by atoms with van der Waals surface area (Å²) in [6, 6.07) is 1.87. The first kappa shape index (κ1) is 15.8. The van der Waals surface area contributed by atoms with Gasteiger partial charge in [0, 0.05) is 32.3 Å². The number of nitrogens with zero attached hydrogens (tertiary/aromatic N) is 3. The van der Waals surface area contributed by atoms with Crippen molar-refractivity contribution in [1.82, 2.24) is 14.7 Å². The van der Waals surface area contributed by atoms with Crippen molar-refractivity contribution in [2.45, 2.75) is 37.5 Å². The lowest BCUT2D eigenvalue weighted by Crippen LogP contribution is -2.57. The van der Waals surface area contributed by atoms with E-state index in [0.717, 1.165) is 10.6 Å². The lowest BCUT2D eigenvalue weighted by atomic mass is 9.92. The van der Waals surface area contributed by atoms with Crippen LogP contribution in [0.5, 0.6) is 0 Å². The van der Waals surface area contributed by atoms with Gasteiger partial charge in [0.25, 0.3) is 5.91 Å². The van der Waals surface area contributed by atoms with Gasteiger partial charge in [0.2, 0.25) is 5.60 Å². The fourth-order valence-electron chi connectivity index (χ4n) is 2.46. The van der Waals surface area contributed by atoms with Gasteiger partial charge in [0.15, 0.2) is 0 Å². The molecule has 1 fully saturated rings. The second-order valence-electron chi connectivity index (χ2n) is 5.55. The van der Waals surface area contributed by atoms with Gasteiger partial charge in [-0.1, -0.05) is 0 Å². The third-order valence-corrected chi connectivity index (χ3v) is 3.90. The molecule has 2 heterocycles. The molecule has 5 nitrogen and oxygen atoms in total. The molecular weight excluding hydrogens is 287 g/mol. The van der Waals surface area contributed by atoms with Crippen LogP contribution in [0.25, 0.3) is 0 Å². The number of carbonyl (C=O) groups excluding carboxylic acids is 1. The zero-order valence-corrected chi connectivity index (χ0v) is 11.9. The lowest BCUT2D eigenvalue weighted by Gasteiger charge is -2.36. The molecule has 1 aromatic rings. The molecule has 1 amide bonds. The minimum absolute atomic E-state index is 0.131. The SMILES string of the molecule is Cn1ccc(C2CCN(C(=O)C(C)(O)C(F)(F)F)CC2)n1. The van der Waals surface area contributed by atoms with E-state index in [4.69, 9.17) is 0 Å². The van der Waals surface area contributed by atoms with Crippen LogP contribution in [0.3, 0.4) is 0 Å². The van der Waals surface area contributed by atoms with Crippen molar-refractivity contribution in [1.29, 1.82) is 0 Å². The van der Waals surface area contributed by atoms with Gasteiger partial charge in [0.1, 0.15) is 0 Å². The molecule has 0 spiro atoms. The summed E-state index contributed by atoms with van der Waals surface area (Å²) in [5.74, 6) is -1.15. The summed E-state index contributed by atoms with van der Waals surface area (Å²) < 4.78 is 39.7. The van der Waals surface area contributed by atoms with Crippen molar-refractivity contribution < 1.29 is 23.1 Å². The van der Waals surface area contributed by atoms with Gasteiger partial charge in [-0.05, 0) is 25.8 Å². The Kier molecular flexibility index (Phi) is 4.01. The molecule has 2 rings (SSSR count). The molecule has 0 radical (unpaired) electrons. The number of rotatable bonds is 2. The predicted octanol–water partition coefficient (Wildman–Crippen LogP) is 1.44. The molecule has 0 saturated carbocycles. The molecule has 1 saturated heterocycles. The number of alkyl halides is 3. The summed E-state index contributed by atoms with van der Waals surface area (Å²) in [5, 5.41) is 13.7. The second-order valence-corrected chi connectivity index (χ2v) is 5.55. The van der Waals surface area contributed by atoms with Crippen molar-refractivity contribution in [2.24, 2.45) is 7.05 Å². The first-order chi connectivity index (χ1) is 9.63. The Bertz CT molecular complexity index is 517. The Hall–Kier alpha value is -1.57. The van der Waals surface area contributed by atoms with E-state index in [2.05, 4.69) is 5.10 Å². The topological polar surface area (TPSA) is 58.4 Å². The third-order valence-electron chi connectivity index (χ3n) is 3.90. The van der Waals surface area contributed by atoms with Crippen molar-refractivity contribution in [2.75, 3.05) is 13.1 Å². The number of likely N-dealkylation sites (tertiary alicyclic amines) is 1. The summed E-state index contributed by atoms with van der Waals surface area (Å²) >= 11 is 0. The van der Waals surface area contributed by atoms with Gasteiger partial charge in [-0.25, -0.2) is 0 Å². The highest BCUT2D eigenvalue weighted by Crippen LogP contribution is 2.34. The lowest BCUT2D eigenvalue weighted by molar-refractivity contribution is -0.250. The summed E-state index contributed by atoms with van der Waals surface area (Å²) in [4.78, 5) is 12.9. The molecule has 1 aliphatic heterocycles. The van der Waals surface area contributed by atoms with Crippen LogP contribution in [0, 0.1) is 0 Å². The van der Waals surface area contributed by atoms with E-state index in [1.165, 1.54) is 0 Å². The zero-order valence-electron chi connectivity index (χ0n) is 11.9. The highest BCUT2D eigenvalue weighted by Gasteiger charge is 2.57. The van der Waals surface area contributed by atoms with Crippen LogP contribution in [0.4, 0.5) is 13.2 Å². The Morgan fingerprint density at radius 2 is 1.95 bits per heavy atom. The molecule has 21 heavy (non-hydrogen) atoms. The first-order valence-electron chi connectivity index (χ1n) is 6.71. The highest BCUT2D eigenvalue weighted by atomic mass is 19.4. The molecule has 0 bridgehead atoms. The van der Waals surface area contributed by atoms with Crippen molar-refractivity contribution in [3.05, 3.63) is 18.0 Å². The van der Waals surface area contributed by atoms with Crippen molar-refractivity contribution >= 4 is 5.91 Å². The maximum Gasteiger partial charge on any atom is 0.426 e. The van der Waals surface area contributed by atoms with E-state index >= 15 is 0 Å². The number of aliphatic hydroxyl groups is 1.